The number of hydrogen-bond acceptors (Lipinski definition) is 4. The third-order valence-electron chi connectivity index (χ3n) is 3.59. The van der Waals surface area contributed by atoms with Crippen LogP contribution in [0, 0.1) is 0 Å². The Morgan fingerprint density at radius 2 is 1.92 bits per heavy atom. The lowest BCUT2D eigenvalue weighted by molar-refractivity contribution is -0.137. The monoisotopic (exact) mass is 331 g/mol. The zero-order valence-corrected chi connectivity index (χ0v) is 13.7. The Morgan fingerprint density at radius 1 is 1.25 bits per heavy atom. The van der Waals surface area contributed by atoms with Crippen molar-refractivity contribution in [3.05, 3.63) is 41.7 Å². The lowest BCUT2D eigenvalue weighted by Gasteiger charge is -2.06. The smallest absolute Gasteiger partial charge is 0.303 e. The van der Waals surface area contributed by atoms with Gasteiger partial charge >= 0.3 is 5.97 Å². The van der Waals surface area contributed by atoms with Crippen LogP contribution in [0.2, 0.25) is 0 Å². The first-order valence-electron chi connectivity index (χ1n) is 7.77. The molecule has 2 aromatic rings. The number of nitrogens with zero attached hydrogens (tertiary/aromatic N) is 2. The van der Waals surface area contributed by atoms with Gasteiger partial charge in [-0.25, -0.2) is 4.68 Å². The van der Waals surface area contributed by atoms with Crippen molar-refractivity contribution in [2.45, 2.75) is 32.6 Å². The van der Waals surface area contributed by atoms with Crippen molar-refractivity contribution in [2.24, 2.45) is 0 Å². The number of aromatic nitrogens is 2. The number of carboxylic acid groups (broad SMARTS) is 1. The highest BCUT2D eigenvalue weighted by molar-refractivity contribution is 5.94. The van der Waals surface area contributed by atoms with Crippen LogP contribution in [0.3, 0.4) is 0 Å². The standard InChI is InChI=1S/C17H21N3O4/c1-11(2)12-5-7-13(8-6-12)20-10-14(21)16(19-20)17(24)18-9-3-4-15(22)23/h5-8,10-11,21H,3-4,9H2,1-2H3,(H,18,24)(H,22,23). The molecule has 0 saturated heterocycles. The number of aliphatic carboxylic acids is 1. The van der Waals surface area contributed by atoms with Gasteiger partial charge in [0, 0.05) is 13.0 Å². The molecule has 0 bridgehead atoms. The third-order valence-corrected chi connectivity index (χ3v) is 3.59. The lowest BCUT2D eigenvalue weighted by atomic mass is 10.0. The van der Waals surface area contributed by atoms with Crippen molar-refractivity contribution in [2.75, 3.05) is 6.54 Å². The average Bonchev–Trinajstić information content (AvgIpc) is 2.93. The molecule has 3 N–H and O–H groups in total. The van der Waals surface area contributed by atoms with E-state index < -0.39 is 11.9 Å². The number of carboxylic acids is 1. The molecule has 7 nitrogen and oxygen atoms in total. The Labute approximate surface area is 139 Å². The normalized spacial score (nSPS) is 10.8. The van der Waals surface area contributed by atoms with Gasteiger partial charge in [-0.05, 0) is 30.0 Å². The minimum Gasteiger partial charge on any atom is -0.504 e. The first-order valence-corrected chi connectivity index (χ1v) is 7.77. The molecule has 0 aliphatic heterocycles. The topological polar surface area (TPSA) is 104 Å². The average molecular weight is 331 g/mol. The maximum Gasteiger partial charge on any atom is 0.303 e. The zero-order chi connectivity index (χ0) is 17.7. The number of nitrogens with one attached hydrogen (secondary N) is 1. The van der Waals surface area contributed by atoms with E-state index in [0.29, 0.717) is 12.3 Å². The molecule has 1 aromatic carbocycles. The molecule has 2 rings (SSSR count). The molecule has 0 spiro atoms. The van der Waals surface area contributed by atoms with Gasteiger partial charge in [-0.2, -0.15) is 5.10 Å². The number of carbonyl (C=O) groups is 2. The van der Waals surface area contributed by atoms with E-state index in [9.17, 15) is 14.7 Å². The van der Waals surface area contributed by atoms with Crippen LogP contribution in [0.5, 0.6) is 5.75 Å². The summed E-state index contributed by atoms with van der Waals surface area (Å²) in [6, 6.07) is 7.70. The maximum absolute atomic E-state index is 12.0. The number of rotatable bonds is 7. The summed E-state index contributed by atoms with van der Waals surface area (Å²) in [7, 11) is 0. The van der Waals surface area contributed by atoms with Crippen LogP contribution in [-0.2, 0) is 4.79 Å². The molecular formula is C17H21N3O4. The predicted octanol–water partition coefficient (Wildman–Crippen LogP) is 2.30. The summed E-state index contributed by atoms with van der Waals surface area (Å²) in [4.78, 5) is 22.4. The third kappa shape index (κ3) is 4.34. The molecule has 0 aliphatic carbocycles. The minimum absolute atomic E-state index is 0.0249. The van der Waals surface area contributed by atoms with Crippen LogP contribution in [0.25, 0.3) is 5.69 Å². The Hall–Kier alpha value is -2.83. The SMILES string of the molecule is CC(C)c1ccc(-n2cc(O)c(C(=O)NCCCC(=O)O)n2)cc1. The molecule has 0 radical (unpaired) electrons. The fourth-order valence-corrected chi connectivity index (χ4v) is 2.20. The van der Waals surface area contributed by atoms with Gasteiger partial charge in [0.1, 0.15) is 0 Å². The molecule has 7 heteroatoms. The molecule has 1 heterocycles. The highest BCUT2D eigenvalue weighted by Gasteiger charge is 2.16. The van der Waals surface area contributed by atoms with E-state index in [0.717, 1.165) is 5.69 Å². The summed E-state index contributed by atoms with van der Waals surface area (Å²) in [5, 5.41) is 25.1. The summed E-state index contributed by atoms with van der Waals surface area (Å²) >= 11 is 0. The first kappa shape index (κ1) is 17.5. The van der Waals surface area contributed by atoms with E-state index in [1.165, 1.54) is 16.4 Å². The lowest BCUT2D eigenvalue weighted by Crippen LogP contribution is -2.25. The number of benzene rings is 1. The Balaban J connectivity index is 2.06. The summed E-state index contributed by atoms with van der Waals surface area (Å²) < 4.78 is 1.44. The molecular weight excluding hydrogens is 310 g/mol. The largest absolute Gasteiger partial charge is 0.504 e. The van der Waals surface area contributed by atoms with Gasteiger partial charge in [0.15, 0.2) is 11.4 Å². The molecule has 24 heavy (non-hydrogen) atoms. The Bertz CT molecular complexity index is 720. The van der Waals surface area contributed by atoms with Crippen LogP contribution < -0.4 is 5.32 Å². The fraction of sp³-hybridized carbons (Fsp3) is 0.353. The van der Waals surface area contributed by atoms with Crippen LogP contribution in [0.1, 0.15) is 48.7 Å². The number of amides is 1. The molecule has 0 fully saturated rings. The van der Waals surface area contributed by atoms with Gasteiger partial charge in [0.2, 0.25) is 0 Å². The Kier molecular flexibility index (Phi) is 5.57. The summed E-state index contributed by atoms with van der Waals surface area (Å²) in [6.07, 6.45) is 1.67. The van der Waals surface area contributed by atoms with Crippen molar-refractivity contribution in [3.63, 3.8) is 0 Å². The summed E-state index contributed by atoms with van der Waals surface area (Å²) in [5.41, 5.74) is 1.84. The predicted molar refractivity (Wildman–Crippen MR) is 88.5 cm³/mol. The van der Waals surface area contributed by atoms with Crippen molar-refractivity contribution >= 4 is 11.9 Å². The van der Waals surface area contributed by atoms with Crippen molar-refractivity contribution in [1.29, 1.82) is 0 Å². The first-order chi connectivity index (χ1) is 11.4. The van der Waals surface area contributed by atoms with Crippen LogP contribution in [0.4, 0.5) is 0 Å². The van der Waals surface area contributed by atoms with E-state index >= 15 is 0 Å². The van der Waals surface area contributed by atoms with Crippen molar-refractivity contribution < 1.29 is 19.8 Å². The minimum atomic E-state index is -0.916. The van der Waals surface area contributed by atoms with Gasteiger partial charge in [0.05, 0.1) is 11.9 Å². The van der Waals surface area contributed by atoms with Gasteiger partial charge < -0.3 is 15.5 Å². The van der Waals surface area contributed by atoms with Crippen molar-refractivity contribution in [1.82, 2.24) is 15.1 Å². The van der Waals surface area contributed by atoms with Gasteiger partial charge in [-0.1, -0.05) is 26.0 Å². The fourth-order valence-electron chi connectivity index (χ4n) is 2.20. The van der Waals surface area contributed by atoms with E-state index in [-0.39, 0.29) is 24.4 Å². The second-order valence-electron chi connectivity index (χ2n) is 5.81. The van der Waals surface area contributed by atoms with Crippen LogP contribution >= 0.6 is 0 Å². The molecule has 0 unspecified atom stereocenters. The Morgan fingerprint density at radius 3 is 2.50 bits per heavy atom. The number of hydrogen-bond donors (Lipinski definition) is 3. The highest BCUT2D eigenvalue weighted by atomic mass is 16.4. The molecule has 0 saturated carbocycles. The van der Waals surface area contributed by atoms with Crippen LogP contribution in [0.15, 0.2) is 30.5 Å². The van der Waals surface area contributed by atoms with Gasteiger partial charge in [0.25, 0.3) is 5.91 Å². The maximum atomic E-state index is 12.0. The van der Waals surface area contributed by atoms with E-state index in [1.54, 1.807) is 0 Å². The van der Waals surface area contributed by atoms with E-state index in [4.69, 9.17) is 5.11 Å². The second kappa shape index (κ2) is 7.63. The summed E-state index contributed by atoms with van der Waals surface area (Å²) in [6.45, 7) is 4.41. The quantitative estimate of drug-likeness (QED) is 0.675. The molecule has 128 valence electrons. The zero-order valence-electron chi connectivity index (χ0n) is 13.7. The van der Waals surface area contributed by atoms with Gasteiger partial charge in [-0.3, -0.25) is 9.59 Å². The van der Waals surface area contributed by atoms with Crippen LogP contribution in [-0.4, -0.2) is 38.4 Å². The van der Waals surface area contributed by atoms with Gasteiger partial charge in [-0.15, -0.1) is 0 Å². The molecule has 1 amide bonds. The second-order valence-corrected chi connectivity index (χ2v) is 5.81. The highest BCUT2D eigenvalue weighted by Crippen LogP contribution is 2.20. The van der Waals surface area contributed by atoms with E-state index in [1.807, 2.05) is 24.3 Å². The summed E-state index contributed by atoms with van der Waals surface area (Å²) in [5.74, 6) is -1.26. The molecule has 1 aromatic heterocycles. The number of aromatic hydroxyl groups is 1. The molecule has 0 aliphatic rings. The van der Waals surface area contributed by atoms with Crippen molar-refractivity contribution in [3.8, 4) is 11.4 Å². The van der Waals surface area contributed by atoms with E-state index in [2.05, 4.69) is 24.3 Å². The molecule has 0 atom stereocenters. The number of carbonyl (C=O) groups excluding carboxylic acids is 1.